The van der Waals surface area contributed by atoms with E-state index in [-0.39, 0.29) is 5.78 Å². The van der Waals surface area contributed by atoms with Gasteiger partial charge in [0.25, 0.3) is 0 Å². The van der Waals surface area contributed by atoms with E-state index in [0.29, 0.717) is 12.3 Å². The molecule has 0 amide bonds. The molecule has 3 rings (SSSR count). The maximum Gasteiger partial charge on any atom is 0.167 e. The van der Waals surface area contributed by atoms with E-state index in [1.807, 2.05) is 24.3 Å². The third-order valence-electron chi connectivity index (χ3n) is 4.29. The molecule has 1 unspecified atom stereocenters. The van der Waals surface area contributed by atoms with Crippen LogP contribution < -0.4 is 10.1 Å². The van der Waals surface area contributed by atoms with Crippen molar-refractivity contribution in [2.75, 3.05) is 20.2 Å². The second kappa shape index (κ2) is 6.75. The van der Waals surface area contributed by atoms with Crippen molar-refractivity contribution in [3.8, 4) is 5.75 Å². The molecule has 2 aromatic carbocycles. The monoisotopic (exact) mass is 295 g/mol. The summed E-state index contributed by atoms with van der Waals surface area (Å²) in [6, 6.07) is 15.8. The van der Waals surface area contributed by atoms with Gasteiger partial charge >= 0.3 is 0 Å². The zero-order valence-corrected chi connectivity index (χ0v) is 12.8. The molecule has 0 bridgehead atoms. The third-order valence-corrected chi connectivity index (χ3v) is 4.29. The summed E-state index contributed by atoms with van der Waals surface area (Å²) in [5.41, 5.74) is 3.16. The predicted octanol–water partition coefficient (Wildman–Crippen LogP) is 3.20. The van der Waals surface area contributed by atoms with E-state index >= 15 is 0 Å². The molecule has 3 nitrogen and oxygen atoms in total. The molecule has 0 radical (unpaired) electrons. The van der Waals surface area contributed by atoms with Gasteiger partial charge in [0.15, 0.2) is 5.78 Å². The van der Waals surface area contributed by atoms with Crippen molar-refractivity contribution < 1.29 is 9.53 Å². The Bertz CT molecular complexity index is 625. The minimum Gasteiger partial charge on any atom is -0.497 e. The van der Waals surface area contributed by atoms with Crippen molar-refractivity contribution in [2.45, 2.75) is 18.8 Å². The Labute approximate surface area is 131 Å². The molecule has 114 valence electrons. The molecule has 0 spiro atoms. The van der Waals surface area contributed by atoms with Gasteiger partial charge in [0.05, 0.1) is 7.11 Å². The van der Waals surface area contributed by atoms with Crippen LogP contribution in [0.5, 0.6) is 5.75 Å². The molecule has 0 saturated carbocycles. The second-order valence-corrected chi connectivity index (χ2v) is 5.76. The van der Waals surface area contributed by atoms with Crippen molar-refractivity contribution in [2.24, 2.45) is 0 Å². The Morgan fingerprint density at radius 2 is 1.86 bits per heavy atom. The van der Waals surface area contributed by atoms with Gasteiger partial charge in [-0.3, -0.25) is 4.79 Å². The number of carbonyl (C=O) groups excluding carboxylic acids is 1. The third kappa shape index (κ3) is 3.37. The standard InChI is InChI=1S/C19H21NO2/c1-22-18-8-6-16(7-9-18)19(21)12-14-2-4-15(5-3-14)17-10-11-20-13-17/h2-9,17,20H,10-13H2,1H3. The smallest absolute Gasteiger partial charge is 0.167 e. The Hall–Kier alpha value is -2.13. The van der Waals surface area contributed by atoms with Gasteiger partial charge in [0.1, 0.15) is 5.75 Å². The van der Waals surface area contributed by atoms with Gasteiger partial charge in [-0.15, -0.1) is 0 Å². The van der Waals surface area contributed by atoms with Crippen molar-refractivity contribution >= 4 is 5.78 Å². The zero-order valence-electron chi connectivity index (χ0n) is 12.8. The number of hydrogen-bond acceptors (Lipinski definition) is 3. The summed E-state index contributed by atoms with van der Waals surface area (Å²) in [6.07, 6.45) is 1.64. The van der Waals surface area contributed by atoms with Crippen LogP contribution in [0.25, 0.3) is 0 Å². The quantitative estimate of drug-likeness (QED) is 0.861. The zero-order chi connectivity index (χ0) is 15.4. The van der Waals surface area contributed by atoms with Gasteiger partial charge in [0, 0.05) is 18.5 Å². The van der Waals surface area contributed by atoms with Crippen LogP contribution in [-0.4, -0.2) is 26.0 Å². The molecule has 1 N–H and O–H groups in total. The number of hydrogen-bond donors (Lipinski definition) is 1. The van der Waals surface area contributed by atoms with Gasteiger partial charge in [-0.25, -0.2) is 0 Å². The number of Topliss-reactive ketones (excluding diaryl/α,β-unsaturated/α-hetero) is 1. The molecule has 22 heavy (non-hydrogen) atoms. The molecule has 3 heteroatoms. The molecule has 1 atom stereocenters. The maximum atomic E-state index is 12.3. The van der Waals surface area contributed by atoms with Crippen LogP contribution >= 0.6 is 0 Å². The molecular formula is C19H21NO2. The second-order valence-electron chi connectivity index (χ2n) is 5.76. The van der Waals surface area contributed by atoms with E-state index in [0.717, 1.165) is 30.0 Å². The molecule has 0 aromatic heterocycles. The number of methoxy groups -OCH3 is 1. The molecule has 1 aliphatic heterocycles. The molecule has 1 aliphatic rings. The molecule has 0 aliphatic carbocycles. The molecule has 2 aromatic rings. The summed E-state index contributed by atoms with van der Waals surface area (Å²) in [6.45, 7) is 2.16. The SMILES string of the molecule is COc1ccc(C(=O)Cc2ccc(C3CCNC3)cc2)cc1. The highest BCUT2D eigenvalue weighted by Crippen LogP contribution is 2.23. The lowest BCUT2D eigenvalue weighted by Crippen LogP contribution is -2.08. The fourth-order valence-corrected chi connectivity index (χ4v) is 2.91. The summed E-state index contributed by atoms with van der Waals surface area (Å²) in [5, 5.41) is 3.38. The van der Waals surface area contributed by atoms with Crippen molar-refractivity contribution in [3.05, 3.63) is 65.2 Å². The Kier molecular flexibility index (Phi) is 4.54. The molecule has 1 saturated heterocycles. The lowest BCUT2D eigenvalue weighted by molar-refractivity contribution is 0.0993. The van der Waals surface area contributed by atoms with Crippen LogP contribution in [0.2, 0.25) is 0 Å². The van der Waals surface area contributed by atoms with Gasteiger partial charge < -0.3 is 10.1 Å². The summed E-state index contributed by atoms with van der Waals surface area (Å²) in [7, 11) is 1.62. The Morgan fingerprint density at radius 3 is 2.45 bits per heavy atom. The van der Waals surface area contributed by atoms with Gasteiger partial charge in [-0.1, -0.05) is 24.3 Å². The highest BCUT2D eigenvalue weighted by atomic mass is 16.5. The highest BCUT2D eigenvalue weighted by Gasteiger charge is 2.16. The van der Waals surface area contributed by atoms with E-state index in [1.54, 1.807) is 7.11 Å². The first-order chi connectivity index (χ1) is 10.8. The summed E-state index contributed by atoms with van der Waals surface area (Å²) in [5.74, 6) is 1.52. The summed E-state index contributed by atoms with van der Waals surface area (Å²) < 4.78 is 5.11. The summed E-state index contributed by atoms with van der Waals surface area (Å²) >= 11 is 0. The minimum absolute atomic E-state index is 0.137. The average molecular weight is 295 g/mol. The number of ether oxygens (including phenoxy) is 1. The molecule has 1 fully saturated rings. The lowest BCUT2D eigenvalue weighted by atomic mass is 9.95. The topological polar surface area (TPSA) is 38.3 Å². The van der Waals surface area contributed by atoms with Crippen LogP contribution in [0.15, 0.2) is 48.5 Å². The van der Waals surface area contributed by atoms with Crippen molar-refractivity contribution in [3.63, 3.8) is 0 Å². The maximum absolute atomic E-state index is 12.3. The fourth-order valence-electron chi connectivity index (χ4n) is 2.91. The van der Waals surface area contributed by atoms with Crippen LogP contribution in [-0.2, 0) is 6.42 Å². The molecular weight excluding hydrogens is 274 g/mol. The lowest BCUT2D eigenvalue weighted by Gasteiger charge is -2.09. The van der Waals surface area contributed by atoms with Gasteiger partial charge in [-0.2, -0.15) is 0 Å². The highest BCUT2D eigenvalue weighted by molar-refractivity contribution is 5.97. The largest absolute Gasteiger partial charge is 0.497 e. The van der Waals surface area contributed by atoms with E-state index < -0.39 is 0 Å². The number of carbonyl (C=O) groups is 1. The van der Waals surface area contributed by atoms with Gasteiger partial charge in [-0.05, 0) is 54.3 Å². The van der Waals surface area contributed by atoms with Crippen LogP contribution in [0, 0.1) is 0 Å². The first-order valence-electron chi connectivity index (χ1n) is 7.73. The first kappa shape index (κ1) is 14.8. The van der Waals surface area contributed by atoms with Gasteiger partial charge in [0.2, 0.25) is 0 Å². The average Bonchev–Trinajstić information content (AvgIpc) is 3.10. The minimum atomic E-state index is 0.137. The number of rotatable bonds is 5. The van der Waals surface area contributed by atoms with E-state index in [1.165, 1.54) is 12.0 Å². The summed E-state index contributed by atoms with van der Waals surface area (Å²) in [4.78, 5) is 12.3. The normalized spacial score (nSPS) is 17.4. The molecule has 1 heterocycles. The Balaban J connectivity index is 1.65. The number of nitrogens with one attached hydrogen (secondary N) is 1. The van der Waals surface area contributed by atoms with E-state index in [4.69, 9.17) is 4.74 Å². The first-order valence-corrected chi connectivity index (χ1v) is 7.73. The van der Waals surface area contributed by atoms with Crippen LogP contribution in [0.4, 0.5) is 0 Å². The van der Waals surface area contributed by atoms with Crippen LogP contribution in [0.1, 0.15) is 33.8 Å². The Morgan fingerprint density at radius 1 is 1.14 bits per heavy atom. The van der Waals surface area contributed by atoms with Crippen molar-refractivity contribution in [1.29, 1.82) is 0 Å². The van der Waals surface area contributed by atoms with Crippen LogP contribution in [0.3, 0.4) is 0 Å². The van der Waals surface area contributed by atoms with Crippen molar-refractivity contribution in [1.82, 2.24) is 5.32 Å². The fraction of sp³-hybridized carbons (Fsp3) is 0.316. The van der Waals surface area contributed by atoms with E-state index in [9.17, 15) is 4.79 Å². The number of ketones is 1. The predicted molar refractivity (Wildman–Crippen MR) is 87.7 cm³/mol. The van der Waals surface area contributed by atoms with E-state index in [2.05, 4.69) is 29.6 Å². The number of benzene rings is 2.